The molecule has 1 aromatic rings. The number of hydrogen-bond donors (Lipinski definition) is 1. The Bertz CT molecular complexity index is 582. The molecule has 1 aromatic carbocycles. The second-order valence-electron chi connectivity index (χ2n) is 5.87. The van der Waals surface area contributed by atoms with Gasteiger partial charge in [0.2, 0.25) is 11.8 Å². The predicted octanol–water partition coefficient (Wildman–Crippen LogP) is 1.25. The van der Waals surface area contributed by atoms with Crippen molar-refractivity contribution in [2.24, 2.45) is 0 Å². The summed E-state index contributed by atoms with van der Waals surface area (Å²) < 4.78 is 5.64. The average Bonchev–Trinajstić information content (AvgIpc) is 2.81. The Labute approximate surface area is 117 Å². The lowest BCUT2D eigenvalue weighted by atomic mass is 9.94. The molecule has 0 radical (unpaired) electrons. The molecule has 2 heterocycles. The molecule has 1 N–H and O–H groups in total. The molecular weight excluding hydrogens is 256 g/mol. The molecule has 2 aliphatic rings. The molecule has 3 rings (SSSR count). The van der Waals surface area contributed by atoms with Crippen LogP contribution in [-0.4, -0.2) is 34.9 Å². The molecule has 0 spiro atoms. The number of hydrogen-bond acceptors (Lipinski definition) is 3. The fraction of sp³-hybridized carbons (Fsp3) is 0.467. The Morgan fingerprint density at radius 2 is 2.00 bits per heavy atom. The van der Waals surface area contributed by atoms with Gasteiger partial charge < -0.3 is 15.0 Å². The molecule has 5 nitrogen and oxygen atoms in total. The highest BCUT2D eigenvalue weighted by molar-refractivity contribution is 5.99. The van der Waals surface area contributed by atoms with Crippen LogP contribution in [0.25, 0.3) is 0 Å². The topological polar surface area (TPSA) is 58.6 Å². The molecule has 0 saturated carbocycles. The number of carbonyl (C=O) groups excluding carboxylic acids is 2. The van der Waals surface area contributed by atoms with E-state index in [0.717, 1.165) is 11.3 Å². The van der Waals surface area contributed by atoms with Gasteiger partial charge in [-0.05, 0) is 26.8 Å². The Hall–Kier alpha value is -2.04. The normalized spacial score (nSPS) is 27.9. The maximum Gasteiger partial charge on any atom is 0.249 e. The summed E-state index contributed by atoms with van der Waals surface area (Å²) in [5.74, 6) is 0.593. The number of piperazine rings is 1. The lowest BCUT2D eigenvalue weighted by Crippen LogP contribution is -2.67. The van der Waals surface area contributed by atoms with Crippen LogP contribution in [0.2, 0.25) is 0 Å². The van der Waals surface area contributed by atoms with Gasteiger partial charge in [0.25, 0.3) is 0 Å². The van der Waals surface area contributed by atoms with Crippen molar-refractivity contribution in [2.75, 3.05) is 6.61 Å². The SMILES string of the molecule is CC1C(=O)NC(C)(C)C(=O)N1C1COc2ccccc21. The Morgan fingerprint density at radius 1 is 1.30 bits per heavy atom. The van der Waals surface area contributed by atoms with Crippen LogP contribution in [0, 0.1) is 0 Å². The Balaban J connectivity index is 2.01. The third kappa shape index (κ3) is 1.77. The van der Waals surface area contributed by atoms with Crippen molar-refractivity contribution in [3.8, 4) is 5.75 Å². The zero-order valence-electron chi connectivity index (χ0n) is 11.8. The zero-order valence-corrected chi connectivity index (χ0v) is 11.8. The molecule has 0 bridgehead atoms. The predicted molar refractivity (Wildman–Crippen MR) is 73.2 cm³/mol. The van der Waals surface area contributed by atoms with Gasteiger partial charge in [-0.1, -0.05) is 18.2 Å². The number of ether oxygens (including phenoxy) is 1. The summed E-state index contributed by atoms with van der Waals surface area (Å²) in [6.07, 6.45) is 0. The Morgan fingerprint density at radius 3 is 2.75 bits per heavy atom. The minimum absolute atomic E-state index is 0.0742. The second-order valence-corrected chi connectivity index (χ2v) is 5.87. The Kier molecular flexibility index (Phi) is 2.74. The first-order valence-electron chi connectivity index (χ1n) is 6.78. The smallest absolute Gasteiger partial charge is 0.249 e. The van der Waals surface area contributed by atoms with Crippen molar-refractivity contribution >= 4 is 11.8 Å². The average molecular weight is 274 g/mol. The molecule has 2 aliphatic heterocycles. The van der Waals surface area contributed by atoms with E-state index in [4.69, 9.17) is 4.74 Å². The van der Waals surface area contributed by atoms with E-state index in [-0.39, 0.29) is 17.9 Å². The second kappa shape index (κ2) is 4.23. The van der Waals surface area contributed by atoms with Gasteiger partial charge in [-0.2, -0.15) is 0 Å². The van der Waals surface area contributed by atoms with Gasteiger partial charge in [-0.25, -0.2) is 0 Å². The number of amides is 2. The molecule has 0 aromatic heterocycles. The zero-order chi connectivity index (χ0) is 14.5. The van der Waals surface area contributed by atoms with Gasteiger partial charge >= 0.3 is 0 Å². The van der Waals surface area contributed by atoms with E-state index in [1.54, 1.807) is 25.7 Å². The van der Waals surface area contributed by atoms with E-state index in [1.165, 1.54) is 0 Å². The molecule has 2 atom stereocenters. The maximum atomic E-state index is 12.7. The number of fused-ring (bicyclic) bond motifs is 1. The molecule has 0 aliphatic carbocycles. The van der Waals surface area contributed by atoms with Crippen molar-refractivity contribution < 1.29 is 14.3 Å². The van der Waals surface area contributed by atoms with Crippen molar-refractivity contribution in [3.63, 3.8) is 0 Å². The van der Waals surface area contributed by atoms with Gasteiger partial charge in [0.05, 0.1) is 6.04 Å². The molecule has 5 heteroatoms. The first kappa shape index (κ1) is 13.0. The third-order valence-electron chi connectivity index (χ3n) is 4.01. The largest absolute Gasteiger partial charge is 0.491 e. The summed E-state index contributed by atoms with van der Waals surface area (Å²) >= 11 is 0. The molecule has 1 fully saturated rings. The van der Waals surface area contributed by atoms with E-state index >= 15 is 0 Å². The van der Waals surface area contributed by atoms with E-state index in [0.29, 0.717) is 6.61 Å². The number of nitrogens with one attached hydrogen (secondary N) is 1. The van der Waals surface area contributed by atoms with Crippen LogP contribution in [0.5, 0.6) is 5.75 Å². The minimum Gasteiger partial charge on any atom is -0.491 e. The number of para-hydroxylation sites is 1. The summed E-state index contributed by atoms with van der Waals surface area (Å²) in [5, 5.41) is 2.76. The summed E-state index contributed by atoms with van der Waals surface area (Å²) in [6.45, 7) is 5.61. The summed E-state index contributed by atoms with van der Waals surface area (Å²) in [6, 6.07) is 6.98. The molecule has 2 amide bonds. The standard InChI is InChI=1S/C15H18N2O3/c1-9-13(18)16-15(2,3)14(19)17(9)11-8-20-12-7-5-4-6-10(11)12/h4-7,9,11H,8H2,1-3H3,(H,16,18). The molecule has 1 saturated heterocycles. The van der Waals surface area contributed by atoms with Crippen molar-refractivity contribution in [3.05, 3.63) is 29.8 Å². The quantitative estimate of drug-likeness (QED) is 0.838. The van der Waals surface area contributed by atoms with Crippen LogP contribution < -0.4 is 10.1 Å². The number of carbonyl (C=O) groups is 2. The van der Waals surface area contributed by atoms with Gasteiger partial charge in [0, 0.05) is 5.56 Å². The van der Waals surface area contributed by atoms with Crippen LogP contribution >= 0.6 is 0 Å². The first-order valence-corrected chi connectivity index (χ1v) is 6.78. The monoisotopic (exact) mass is 274 g/mol. The van der Waals surface area contributed by atoms with E-state index in [2.05, 4.69) is 5.32 Å². The summed E-state index contributed by atoms with van der Waals surface area (Å²) in [4.78, 5) is 26.4. The van der Waals surface area contributed by atoms with Crippen LogP contribution in [0.4, 0.5) is 0 Å². The highest BCUT2D eigenvalue weighted by atomic mass is 16.5. The van der Waals surface area contributed by atoms with E-state index in [1.807, 2.05) is 24.3 Å². The van der Waals surface area contributed by atoms with Gasteiger partial charge in [-0.3, -0.25) is 9.59 Å². The summed E-state index contributed by atoms with van der Waals surface area (Å²) in [7, 11) is 0. The van der Waals surface area contributed by atoms with Gasteiger partial charge in [0.15, 0.2) is 0 Å². The number of rotatable bonds is 1. The van der Waals surface area contributed by atoms with Crippen LogP contribution in [0.1, 0.15) is 32.4 Å². The van der Waals surface area contributed by atoms with Crippen molar-refractivity contribution in [2.45, 2.75) is 38.4 Å². The van der Waals surface area contributed by atoms with Crippen LogP contribution in [0.3, 0.4) is 0 Å². The van der Waals surface area contributed by atoms with Gasteiger partial charge in [0.1, 0.15) is 23.9 Å². The molecule has 2 unspecified atom stereocenters. The highest BCUT2D eigenvalue weighted by Gasteiger charge is 2.48. The summed E-state index contributed by atoms with van der Waals surface area (Å²) in [5.41, 5.74) is 0.0967. The number of nitrogens with zero attached hydrogens (tertiary/aromatic N) is 1. The van der Waals surface area contributed by atoms with Crippen molar-refractivity contribution in [1.82, 2.24) is 10.2 Å². The fourth-order valence-corrected chi connectivity index (χ4v) is 2.88. The fourth-order valence-electron chi connectivity index (χ4n) is 2.88. The number of benzene rings is 1. The van der Waals surface area contributed by atoms with E-state index in [9.17, 15) is 9.59 Å². The van der Waals surface area contributed by atoms with Crippen LogP contribution in [-0.2, 0) is 9.59 Å². The lowest BCUT2D eigenvalue weighted by Gasteiger charge is -2.44. The van der Waals surface area contributed by atoms with E-state index < -0.39 is 11.6 Å². The third-order valence-corrected chi connectivity index (χ3v) is 4.01. The first-order chi connectivity index (χ1) is 9.42. The maximum absolute atomic E-state index is 12.7. The highest BCUT2D eigenvalue weighted by Crippen LogP contribution is 2.38. The molecule has 20 heavy (non-hydrogen) atoms. The van der Waals surface area contributed by atoms with Gasteiger partial charge in [-0.15, -0.1) is 0 Å². The van der Waals surface area contributed by atoms with Crippen molar-refractivity contribution in [1.29, 1.82) is 0 Å². The minimum atomic E-state index is -0.874. The van der Waals surface area contributed by atoms with Crippen LogP contribution in [0.15, 0.2) is 24.3 Å². The molecular formula is C15H18N2O3. The molecule has 106 valence electrons. The lowest BCUT2D eigenvalue weighted by molar-refractivity contribution is -0.156.